The standard InChI is InChI=1S/C14H24N2O4/c1-16(8-10-6-11(17)7-10)13(20)15-9-14(12(18)19)4-2-3-5-14/h10-11,17H,2-9H2,1H3,(H,15,20)(H,18,19). The summed E-state index contributed by atoms with van der Waals surface area (Å²) >= 11 is 0. The second-order valence-electron chi connectivity index (χ2n) is 6.32. The van der Waals surface area contributed by atoms with Gasteiger partial charge in [-0.05, 0) is 31.6 Å². The van der Waals surface area contributed by atoms with Crippen molar-refractivity contribution in [3.63, 3.8) is 0 Å². The minimum Gasteiger partial charge on any atom is -0.481 e. The molecule has 2 fully saturated rings. The fourth-order valence-corrected chi connectivity index (χ4v) is 3.22. The Bertz CT molecular complexity index is 373. The van der Waals surface area contributed by atoms with Crippen LogP contribution in [-0.2, 0) is 4.79 Å². The number of nitrogens with one attached hydrogen (secondary N) is 1. The number of carboxylic acids is 1. The molecule has 2 rings (SSSR count). The molecule has 6 heteroatoms. The number of hydrogen-bond acceptors (Lipinski definition) is 3. The Kier molecular flexibility index (Phi) is 4.52. The summed E-state index contributed by atoms with van der Waals surface area (Å²) in [6.07, 6.45) is 4.39. The van der Waals surface area contributed by atoms with E-state index >= 15 is 0 Å². The van der Waals surface area contributed by atoms with Crippen molar-refractivity contribution < 1.29 is 19.8 Å². The summed E-state index contributed by atoms with van der Waals surface area (Å²) in [5.74, 6) is -0.444. The first-order valence-electron chi connectivity index (χ1n) is 7.33. The van der Waals surface area contributed by atoms with Gasteiger partial charge in [-0.1, -0.05) is 12.8 Å². The van der Waals surface area contributed by atoms with Crippen LogP contribution in [0.4, 0.5) is 4.79 Å². The Labute approximate surface area is 119 Å². The zero-order chi connectivity index (χ0) is 14.8. The normalized spacial score (nSPS) is 27.7. The number of carbonyl (C=O) groups excluding carboxylic acids is 1. The van der Waals surface area contributed by atoms with Crippen LogP contribution in [-0.4, -0.2) is 53.4 Å². The molecule has 2 amide bonds. The first-order chi connectivity index (χ1) is 9.43. The van der Waals surface area contributed by atoms with Crippen LogP contribution < -0.4 is 5.32 Å². The van der Waals surface area contributed by atoms with Gasteiger partial charge in [0.05, 0.1) is 11.5 Å². The highest BCUT2D eigenvalue weighted by atomic mass is 16.4. The Morgan fingerprint density at radius 2 is 1.90 bits per heavy atom. The minimum absolute atomic E-state index is 0.207. The van der Waals surface area contributed by atoms with E-state index in [1.54, 1.807) is 11.9 Å². The molecule has 6 nitrogen and oxygen atoms in total. The summed E-state index contributed by atoms with van der Waals surface area (Å²) in [5, 5.41) is 21.3. The van der Waals surface area contributed by atoms with Crippen molar-refractivity contribution in [1.82, 2.24) is 10.2 Å². The average Bonchev–Trinajstić information content (AvgIpc) is 2.84. The van der Waals surface area contributed by atoms with Crippen LogP contribution in [0.25, 0.3) is 0 Å². The van der Waals surface area contributed by atoms with Crippen LogP contribution in [0.1, 0.15) is 38.5 Å². The largest absolute Gasteiger partial charge is 0.481 e. The van der Waals surface area contributed by atoms with E-state index in [4.69, 9.17) is 0 Å². The zero-order valence-corrected chi connectivity index (χ0v) is 12.0. The zero-order valence-electron chi connectivity index (χ0n) is 12.0. The van der Waals surface area contributed by atoms with Crippen LogP contribution in [0.2, 0.25) is 0 Å². The van der Waals surface area contributed by atoms with Gasteiger partial charge in [-0.3, -0.25) is 4.79 Å². The Hall–Kier alpha value is -1.30. The van der Waals surface area contributed by atoms with Crippen LogP contribution in [0.5, 0.6) is 0 Å². The third-order valence-corrected chi connectivity index (χ3v) is 4.68. The van der Waals surface area contributed by atoms with Crippen molar-refractivity contribution in [2.24, 2.45) is 11.3 Å². The van der Waals surface area contributed by atoms with Crippen molar-refractivity contribution in [2.75, 3.05) is 20.1 Å². The average molecular weight is 284 g/mol. The van der Waals surface area contributed by atoms with Crippen LogP contribution in [0.15, 0.2) is 0 Å². The van der Waals surface area contributed by atoms with Crippen molar-refractivity contribution >= 4 is 12.0 Å². The highest BCUT2D eigenvalue weighted by Crippen LogP contribution is 2.37. The van der Waals surface area contributed by atoms with Gasteiger partial charge in [0.2, 0.25) is 0 Å². The monoisotopic (exact) mass is 284 g/mol. The minimum atomic E-state index is -0.805. The van der Waals surface area contributed by atoms with Crippen molar-refractivity contribution in [3.8, 4) is 0 Å². The molecule has 0 aromatic rings. The SMILES string of the molecule is CN(CC1CC(O)C1)C(=O)NCC1(C(=O)O)CCCC1. The van der Waals surface area contributed by atoms with Gasteiger partial charge < -0.3 is 20.4 Å². The van der Waals surface area contributed by atoms with Crippen LogP contribution in [0, 0.1) is 11.3 Å². The second-order valence-corrected chi connectivity index (χ2v) is 6.32. The number of carbonyl (C=O) groups is 2. The van der Waals surface area contributed by atoms with Crippen LogP contribution >= 0.6 is 0 Å². The van der Waals surface area contributed by atoms with E-state index < -0.39 is 11.4 Å². The molecule has 20 heavy (non-hydrogen) atoms. The second kappa shape index (κ2) is 5.99. The van der Waals surface area contributed by atoms with Gasteiger partial charge in [0.25, 0.3) is 0 Å². The van der Waals surface area contributed by atoms with Crippen LogP contribution in [0.3, 0.4) is 0 Å². The lowest BCUT2D eigenvalue weighted by Gasteiger charge is -2.34. The molecule has 2 aliphatic carbocycles. The molecule has 0 aromatic heterocycles. The maximum Gasteiger partial charge on any atom is 0.317 e. The fraction of sp³-hybridized carbons (Fsp3) is 0.857. The highest BCUT2D eigenvalue weighted by molar-refractivity contribution is 5.78. The van der Waals surface area contributed by atoms with Gasteiger partial charge in [0, 0.05) is 20.1 Å². The molecule has 0 radical (unpaired) electrons. The third kappa shape index (κ3) is 3.23. The van der Waals surface area contributed by atoms with Crippen molar-refractivity contribution in [2.45, 2.75) is 44.6 Å². The summed E-state index contributed by atoms with van der Waals surface area (Å²) in [6.45, 7) is 0.821. The van der Waals surface area contributed by atoms with E-state index in [9.17, 15) is 19.8 Å². The summed E-state index contributed by atoms with van der Waals surface area (Å²) in [4.78, 5) is 24.9. The summed E-state index contributed by atoms with van der Waals surface area (Å²) in [6, 6.07) is -0.223. The lowest BCUT2D eigenvalue weighted by Crippen LogP contribution is -2.48. The number of urea groups is 1. The predicted molar refractivity (Wildman–Crippen MR) is 73.3 cm³/mol. The lowest BCUT2D eigenvalue weighted by atomic mass is 9.82. The lowest BCUT2D eigenvalue weighted by molar-refractivity contribution is -0.148. The molecule has 0 saturated heterocycles. The maximum absolute atomic E-state index is 12.0. The number of aliphatic hydroxyl groups excluding tert-OH is 1. The van der Waals surface area contributed by atoms with Gasteiger partial charge in [0.1, 0.15) is 0 Å². The Morgan fingerprint density at radius 1 is 1.30 bits per heavy atom. The molecule has 0 heterocycles. The molecule has 0 bridgehead atoms. The summed E-state index contributed by atoms with van der Waals surface area (Å²) < 4.78 is 0. The van der Waals surface area contributed by atoms with Gasteiger partial charge in [-0.25, -0.2) is 4.79 Å². The quantitative estimate of drug-likeness (QED) is 0.703. The number of hydrogen-bond donors (Lipinski definition) is 3. The maximum atomic E-state index is 12.0. The van der Waals surface area contributed by atoms with E-state index in [0.29, 0.717) is 25.3 Å². The van der Waals surface area contributed by atoms with E-state index in [0.717, 1.165) is 25.7 Å². The van der Waals surface area contributed by atoms with Gasteiger partial charge >= 0.3 is 12.0 Å². The van der Waals surface area contributed by atoms with E-state index in [1.165, 1.54) is 0 Å². The molecule has 0 aromatic carbocycles. The number of aliphatic hydroxyl groups is 1. The molecule has 3 N–H and O–H groups in total. The number of carboxylic acid groups (broad SMARTS) is 1. The number of rotatable bonds is 5. The van der Waals surface area contributed by atoms with Gasteiger partial charge in [0.15, 0.2) is 0 Å². The predicted octanol–water partition coefficient (Wildman–Crippen LogP) is 1.04. The first kappa shape index (κ1) is 15.1. The first-order valence-corrected chi connectivity index (χ1v) is 7.33. The number of aliphatic carboxylic acids is 1. The number of amides is 2. The summed E-state index contributed by atoms with van der Waals surface area (Å²) in [7, 11) is 1.71. The highest BCUT2D eigenvalue weighted by Gasteiger charge is 2.41. The smallest absolute Gasteiger partial charge is 0.317 e. The van der Waals surface area contributed by atoms with Gasteiger partial charge in [-0.2, -0.15) is 0 Å². The van der Waals surface area contributed by atoms with E-state index in [1.807, 2.05) is 0 Å². The Balaban J connectivity index is 1.77. The van der Waals surface area contributed by atoms with Crippen molar-refractivity contribution in [3.05, 3.63) is 0 Å². The number of nitrogens with zero attached hydrogens (tertiary/aromatic N) is 1. The molecule has 0 aliphatic heterocycles. The third-order valence-electron chi connectivity index (χ3n) is 4.68. The molecule has 0 atom stereocenters. The molecular weight excluding hydrogens is 260 g/mol. The topological polar surface area (TPSA) is 89.9 Å². The van der Waals surface area contributed by atoms with E-state index in [-0.39, 0.29) is 18.7 Å². The molecule has 0 unspecified atom stereocenters. The Morgan fingerprint density at radius 3 is 2.40 bits per heavy atom. The molecule has 2 aliphatic rings. The van der Waals surface area contributed by atoms with Gasteiger partial charge in [-0.15, -0.1) is 0 Å². The molecule has 0 spiro atoms. The van der Waals surface area contributed by atoms with Crippen molar-refractivity contribution in [1.29, 1.82) is 0 Å². The molecular formula is C14H24N2O4. The molecule has 2 saturated carbocycles. The molecule has 114 valence electrons. The fourth-order valence-electron chi connectivity index (χ4n) is 3.22. The van der Waals surface area contributed by atoms with E-state index in [2.05, 4.69) is 5.32 Å². The summed E-state index contributed by atoms with van der Waals surface area (Å²) in [5.41, 5.74) is -0.775.